The Kier molecular flexibility index (Phi) is 8.37. The lowest BCUT2D eigenvalue weighted by atomic mass is 9.87. The number of rotatable bonds is 5. The molecule has 3 nitrogen and oxygen atoms in total. The van der Waals surface area contributed by atoms with E-state index in [0.717, 1.165) is 5.56 Å². The summed E-state index contributed by atoms with van der Waals surface area (Å²) in [5, 5.41) is 0. The van der Waals surface area contributed by atoms with Gasteiger partial charge < -0.3 is 4.18 Å². The molecular weight excluding hydrogens is 448 g/mol. The quantitative estimate of drug-likeness (QED) is 0.183. The minimum absolute atomic E-state index is 0.0246. The fourth-order valence-electron chi connectivity index (χ4n) is 2.93. The third-order valence-electron chi connectivity index (χ3n) is 4.73. The van der Waals surface area contributed by atoms with E-state index in [1.807, 2.05) is 24.3 Å². The maximum atomic E-state index is 12.1. The Labute approximate surface area is 201 Å². The van der Waals surface area contributed by atoms with E-state index >= 15 is 0 Å². The molecule has 0 aliphatic heterocycles. The van der Waals surface area contributed by atoms with Gasteiger partial charge in [-0.15, -0.1) is 0 Å². The molecule has 0 aliphatic rings. The minimum atomic E-state index is -3.76. The first-order valence-corrected chi connectivity index (χ1v) is 13.0. The third-order valence-corrected chi connectivity index (χ3v) is 7.10. The summed E-state index contributed by atoms with van der Waals surface area (Å²) in [6.45, 7) is 6.30. The van der Waals surface area contributed by atoms with Gasteiger partial charge in [0.05, 0.1) is 0 Å². The van der Waals surface area contributed by atoms with Crippen LogP contribution in [0.2, 0.25) is 0 Å². The second-order valence-corrected chi connectivity index (χ2v) is 11.2. The van der Waals surface area contributed by atoms with Crippen LogP contribution in [0.1, 0.15) is 26.3 Å². The highest BCUT2D eigenvalue weighted by Gasteiger charge is 2.17. The molecule has 33 heavy (non-hydrogen) atoms. The summed E-state index contributed by atoms with van der Waals surface area (Å²) in [5.41, 5.74) is 1.15. The summed E-state index contributed by atoms with van der Waals surface area (Å²) in [6, 6.07) is 36.2. The Morgan fingerprint density at radius 2 is 1.03 bits per heavy atom. The molecule has 0 heterocycles. The Morgan fingerprint density at radius 3 is 1.45 bits per heavy atom. The molecule has 0 atom stereocenters. The molecular formula is C28H29O3S2+. The number of thiol groups is 1. The fourth-order valence-corrected chi connectivity index (χ4v) is 4.82. The summed E-state index contributed by atoms with van der Waals surface area (Å²) >= 11 is 1.28. The van der Waals surface area contributed by atoms with Crippen molar-refractivity contribution in [2.45, 2.75) is 40.9 Å². The second kappa shape index (κ2) is 11.2. The number of hydrogen-bond acceptors (Lipinski definition) is 3. The normalized spacial score (nSPS) is 11.2. The van der Waals surface area contributed by atoms with Crippen molar-refractivity contribution in [3.05, 3.63) is 121 Å². The van der Waals surface area contributed by atoms with Crippen LogP contribution in [-0.4, -0.2) is 8.42 Å². The number of hydrogen-bond donors (Lipinski definition) is 0. The molecule has 0 fully saturated rings. The van der Waals surface area contributed by atoms with E-state index in [1.165, 1.54) is 33.7 Å². The highest BCUT2D eigenvalue weighted by atomic mass is 32.2. The van der Waals surface area contributed by atoms with Crippen molar-refractivity contribution in [2.24, 2.45) is 0 Å². The van der Waals surface area contributed by atoms with Gasteiger partial charge in [0, 0.05) is 11.8 Å². The minimum Gasteiger partial charge on any atom is -0.379 e. The lowest BCUT2D eigenvalue weighted by Crippen LogP contribution is -2.12. The van der Waals surface area contributed by atoms with Gasteiger partial charge in [-0.2, -0.15) is 8.42 Å². The summed E-state index contributed by atoms with van der Waals surface area (Å²) in [6.07, 6.45) is 0. The van der Waals surface area contributed by atoms with Crippen LogP contribution >= 0.6 is 0 Å². The van der Waals surface area contributed by atoms with Crippen molar-refractivity contribution in [3.63, 3.8) is 0 Å². The highest BCUT2D eigenvalue weighted by molar-refractivity contribution is 7.87. The van der Waals surface area contributed by atoms with Gasteiger partial charge in [0.1, 0.15) is 10.6 Å². The lowest BCUT2D eigenvalue weighted by molar-refractivity contribution is 0.485. The molecule has 4 aromatic rings. The molecule has 0 radical (unpaired) electrons. The predicted molar refractivity (Wildman–Crippen MR) is 138 cm³/mol. The molecule has 0 N–H and O–H groups in total. The van der Waals surface area contributed by atoms with Crippen molar-refractivity contribution >= 4 is 21.9 Å². The van der Waals surface area contributed by atoms with Crippen molar-refractivity contribution in [3.8, 4) is 5.75 Å². The first kappa shape index (κ1) is 24.6. The summed E-state index contributed by atoms with van der Waals surface area (Å²) < 4.78 is 29.3. The first-order chi connectivity index (χ1) is 15.7. The third kappa shape index (κ3) is 7.81. The van der Waals surface area contributed by atoms with E-state index in [0.29, 0.717) is 5.75 Å². The molecule has 0 unspecified atom stereocenters. The number of benzene rings is 4. The SMILES string of the molecule is CC(C)(C)c1ccc(OS(=O)(=O)c2ccccc2)cc1.c1ccc([SH+]c2ccccc2)cc1. The van der Waals surface area contributed by atoms with Crippen LogP contribution in [-0.2, 0) is 27.3 Å². The van der Waals surface area contributed by atoms with Gasteiger partial charge in [0.25, 0.3) is 0 Å². The van der Waals surface area contributed by atoms with Crippen LogP contribution in [0.25, 0.3) is 0 Å². The summed E-state index contributed by atoms with van der Waals surface area (Å²) in [4.78, 5) is 2.84. The van der Waals surface area contributed by atoms with E-state index in [4.69, 9.17) is 4.18 Å². The van der Waals surface area contributed by atoms with E-state index in [1.54, 1.807) is 30.3 Å². The zero-order chi connectivity index (χ0) is 23.7. The van der Waals surface area contributed by atoms with E-state index in [-0.39, 0.29) is 10.3 Å². The van der Waals surface area contributed by atoms with Crippen molar-refractivity contribution in [2.75, 3.05) is 0 Å². The zero-order valence-electron chi connectivity index (χ0n) is 19.0. The van der Waals surface area contributed by atoms with E-state index in [2.05, 4.69) is 69.3 Å². The van der Waals surface area contributed by atoms with Crippen molar-refractivity contribution < 1.29 is 12.6 Å². The average molecular weight is 478 g/mol. The van der Waals surface area contributed by atoms with Gasteiger partial charge in [-0.05, 0) is 59.5 Å². The summed E-state index contributed by atoms with van der Waals surface area (Å²) in [7, 11) is -3.76. The monoisotopic (exact) mass is 477 g/mol. The maximum absolute atomic E-state index is 12.1. The Hall–Kier alpha value is -3.02. The smallest absolute Gasteiger partial charge is 0.339 e. The van der Waals surface area contributed by atoms with Gasteiger partial charge in [-0.25, -0.2) is 0 Å². The van der Waals surface area contributed by atoms with E-state index < -0.39 is 10.1 Å². The average Bonchev–Trinajstić information content (AvgIpc) is 2.81. The van der Waals surface area contributed by atoms with Crippen LogP contribution in [0.15, 0.2) is 130 Å². The highest BCUT2D eigenvalue weighted by Crippen LogP contribution is 2.25. The van der Waals surface area contributed by atoms with E-state index in [9.17, 15) is 8.42 Å². The topological polar surface area (TPSA) is 43.4 Å². The van der Waals surface area contributed by atoms with Gasteiger partial charge in [-0.1, -0.05) is 87.5 Å². The Morgan fingerprint density at radius 1 is 0.606 bits per heavy atom. The standard InChI is InChI=1S/C16H18O3S.C12H10S/c1-16(2,3)13-9-11-14(12-10-13)19-20(17,18)15-7-5-4-6-8-15;1-3-7-11(8-4-1)13-12-9-5-2-6-10-12/h4-12H,1-3H3;1-10H/p+1. The van der Waals surface area contributed by atoms with Gasteiger partial charge >= 0.3 is 10.1 Å². The maximum Gasteiger partial charge on any atom is 0.339 e. The van der Waals surface area contributed by atoms with Crippen molar-refractivity contribution in [1.29, 1.82) is 0 Å². The molecule has 4 aromatic carbocycles. The Balaban J connectivity index is 0.000000203. The van der Waals surface area contributed by atoms with Crippen LogP contribution < -0.4 is 4.18 Å². The summed E-state index contributed by atoms with van der Waals surface area (Å²) in [5.74, 6) is 0.321. The molecule has 170 valence electrons. The molecule has 0 bridgehead atoms. The molecule has 0 aromatic heterocycles. The van der Waals surface area contributed by atoms with Crippen LogP contribution in [0.4, 0.5) is 0 Å². The van der Waals surface area contributed by atoms with Gasteiger partial charge in [0.2, 0.25) is 0 Å². The molecule has 5 heteroatoms. The molecule has 0 saturated heterocycles. The molecule has 0 amide bonds. The Bertz CT molecular complexity index is 1180. The lowest BCUT2D eigenvalue weighted by Gasteiger charge is -2.19. The van der Waals surface area contributed by atoms with Gasteiger partial charge in [-0.3, -0.25) is 0 Å². The first-order valence-electron chi connectivity index (χ1n) is 10.7. The molecule has 4 rings (SSSR count). The zero-order valence-corrected chi connectivity index (χ0v) is 20.8. The van der Waals surface area contributed by atoms with Gasteiger partial charge in [0.15, 0.2) is 9.79 Å². The molecule has 0 saturated carbocycles. The predicted octanol–water partition coefficient (Wildman–Crippen LogP) is 6.67. The van der Waals surface area contributed by atoms with Crippen LogP contribution in [0.3, 0.4) is 0 Å². The van der Waals surface area contributed by atoms with Crippen molar-refractivity contribution in [1.82, 2.24) is 0 Å². The van der Waals surface area contributed by atoms with Crippen LogP contribution in [0.5, 0.6) is 5.75 Å². The largest absolute Gasteiger partial charge is 0.379 e. The molecule has 0 aliphatic carbocycles. The second-order valence-electron chi connectivity index (χ2n) is 8.41. The fraction of sp³-hybridized carbons (Fsp3) is 0.143. The van der Waals surface area contributed by atoms with Crippen LogP contribution in [0, 0.1) is 0 Å². The molecule has 0 spiro atoms.